The van der Waals surface area contributed by atoms with Gasteiger partial charge in [0.25, 0.3) is 5.91 Å². The molecule has 0 unspecified atom stereocenters. The monoisotopic (exact) mass is 308 g/mol. The van der Waals surface area contributed by atoms with Crippen LogP contribution in [-0.4, -0.2) is 21.1 Å². The van der Waals surface area contributed by atoms with E-state index in [9.17, 15) is 4.79 Å². The maximum Gasteiger partial charge on any atom is 0.258 e. The maximum atomic E-state index is 12.0. The molecule has 0 atom stereocenters. The van der Waals surface area contributed by atoms with Crippen molar-refractivity contribution in [2.75, 3.05) is 5.32 Å². The third-order valence-corrected chi connectivity index (χ3v) is 3.35. The molecule has 18 heavy (non-hydrogen) atoms. The average molecular weight is 309 g/mol. The number of nitrogens with zero attached hydrogens (tertiary/aromatic N) is 2. The summed E-state index contributed by atoms with van der Waals surface area (Å²) >= 11 is 3.40. The molecular weight excluding hydrogens is 296 g/mol. The Morgan fingerprint density at radius 3 is 2.89 bits per heavy atom. The molecule has 0 spiro atoms. The van der Waals surface area contributed by atoms with Crippen molar-refractivity contribution in [1.29, 1.82) is 0 Å². The van der Waals surface area contributed by atoms with E-state index in [1.54, 1.807) is 12.3 Å². The van der Waals surface area contributed by atoms with E-state index in [4.69, 9.17) is 0 Å². The fourth-order valence-corrected chi connectivity index (χ4v) is 2.10. The van der Waals surface area contributed by atoms with Gasteiger partial charge in [-0.1, -0.05) is 6.92 Å². The van der Waals surface area contributed by atoms with E-state index < -0.39 is 0 Å². The lowest BCUT2D eigenvalue weighted by Gasteiger charge is -2.03. The van der Waals surface area contributed by atoms with Crippen LogP contribution in [0, 0.1) is 6.92 Å². The molecule has 2 rings (SSSR count). The zero-order valence-electron chi connectivity index (χ0n) is 10.1. The Labute approximate surface area is 113 Å². The highest BCUT2D eigenvalue weighted by atomic mass is 79.9. The molecule has 0 bridgehead atoms. The summed E-state index contributed by atoms with van der Waals surface area (Å²) in [7, 11) is 0. The van der Waals surface area contributed by atoms with Gasteiger partial charge in [-0.15, -0.1) is 0 Å². The minimum atomic E-state index is -0.221. The summed E-state index contributed by atoms with van der Waals surface area (Å²) < 4.78 is 0.791. The molecule has 2 N–H and O–H groups in total. The highest BCUT2D eigenvalue weighted by molar-refractivity contribution is 9.10. The number of hydrogen-bond donors (Lipinski definition) is 2. The molecule has 0 radical (unpaired) electrons. The van der Waals surface area contributed by atoms with Gasteiger partial charge in [0.1, 0.15) is 0 Å². The van der Waals surface area contributed by atoms with Gasteiger partial charge >= 0.3 is 0 Å². The second kappa shape index (κ2) is 5.30. The molecule has 2 aromatic heterocycles. The van der Waals surface area contributed by atoms with Gasteiger partial charge in [-0.25, -0.2) is 0 Å². The first-order chi connectivity index (χ1) is 8.61. The van der Waals surface area contributed by atoms with E-state index in [1.165, 1.54) is 6.20 Å². The normalized spacial score (nSPS) is 10.4. The second-order valence-corrected chi connectivity index (χ2v) is 4.72. The Kier molecular flexibility index (Phi) is 3.76. The zero-order valence-corrected chi connectivity index (χ0v) is 11.7. The molecule has 6 heteroatoms. The molecule has 0 aromatic carbocycles. The smallest absolute Gasteiger partial charge is 0.258 e. The van der Waals surface area contributed by atoms with Gasteiger partial charge in [-0.2, -0.15) is 5.10 Å². The zero-order chi connectivity index (χ0) is 13.1. The minimum Gasteiger partial charge on any atom is -0.304 e. The van der Waals surface area contributed by atoms with Crippen molar-refractivity contribution in [2.45, 2.75) is 20.3 Å². The first-order valence-corrected chi connectivity index (χ1v) is 6.37. The van der Waals surface area contributed by atoms with E-state index in [0.717, 1.165) is 22.2 Å². The Bertz CT molecular complexity index is 579. The van der Waals surface area contributed by atoms with Crippen LogP contribution in [-0.2, 0) is 6.42 Å². The van der Waals surface area contributed by atoms with Crippen LogP contribution in [0.5, 0.6) is 0 Å². The summed E-state index contributed by atoms with van der Waals surface area (Å²) in [4.78, 5) is 16.0. The predicted octanol–water partition coefficient (Wildman–Crippen LogP) is 2.69. The summed E-state index contributed by atoms with van der Waals surface area (Å²) in [6.45, 7) is 3.90. The van der Waals surface area contributed by atoms with Crippen molar-refractivity contribution >= 4 is 27.7 Å². The van der Waals surface area contributed by atoms with Crippen LogP contribution in [0.2, 0.25) is 0 Å². The molecule has 0 aliphatic rings. The maximum absolute atomic E-state index is 12.0. The number of carbonyl (C=O) groups is 1. The summed E-state index contributed by atoms with van der Waals surface area (Å²) in [6.07, 6.45) is 4.05. The number of hydrogen-bond acceptors (Lipinski definition) is 3. The first-order valence-electron chi connectivity index (χ1n) is 5.57. The lowest BCUT2D eigenvalue weighted by atomic mass is 10.2. The largest absolute Gasteiger partial charge is 0.304 e. The van der Waals surface area contributed by atoms with Gasteiger partial charge in [0.2, 0.25) is 0 Å². The lowest BCUT2D eigenvalue weighted by Crippen LogP contribution is -2.13. The summed E-state index contributed by atoms with van der Waals surface area (Å²) in [5.74, 6) is 0.277. The van der Waals surface area contributed by atoms with E-state index in [-0.39, 0.29) is 5.91 Å². The molecule has 94 valence electrons. The van der Waals surface area contributed by atoms with Crippen molar-refractivity contribution in [1.82, 2.24) is 15.2 Å². The number of anilines is 1. The summed E-state index contributed by atoms with van der Waals surface area (Å²) in [5.41, 5.74) is 2.41. The molecule has 5 nitrogen and oxygen atoms in total. The highest BCUT2D eigenvalue weighted by Crippen LogP contribution is 2.24. The molecule has 0 saturated carbocycles. The van der Waals surface area contributed by atoms with Crippen LogP contribution in [0.15, 0.2) is 22.9 Å². The number of pyridine rings is 1. The number of amides is 1. The number of aryl methyl sites for hydroxylation is 2. The lowest BCUT2D eigenvalue weighted by molar-refractivity contribution is 0.102. The van der Waals surface area contributed by atoms with Crippen LogP contribution >= 0.6 is 15.9 Å². The predicted molar refractivity (Wildman–Crippen MR) is 72.6 cm³/mol. The SMILES string of the molecule is CCc1[nH]nc(NC(=O)c2cncc(C)c2)c1Br. The number of H-pyrrole nitrogens is 1. The van der Waals surface area contributed by atoms with Crippen LogP contribution in [0.1, 0.15) is 28.5 Å². The van der Waals surface area contributed by atoms with Crippen LogP contribution in [0.3, 0.4) is 0 Å². The Morgan fingerprint density at radius 1 is 1.50 bits per heavy atom. The molecule has 0 aliphatic carbocycles. The molecular formula is C12H13BrN4O. The van der Waals surface area contributed by atoms with E-state index in [2.05, 4.69) is 36.4 Å². The van der Waals surface area contributed by atoms with Gasteiger partial charge in [0, 0.05) is 12.4 Å². The highest BCUT2D eigenvalue weighted by Gasteiger charge is 2.13. The molecule has 2 heterocycles. The van der Waals surface area contributed by atoms with Gasteiger partial charge in [-0.3, -0.25) is 14.9 Å². The Hall–Kier alpha value is -1.69. The number of rotatable bonds is 3. The topological polar surface area (TPSA) is 70.7 Å². The van der Waals surface area contributed by atoms with Crippen LogP contribution < -0.4 is 5.32 Å². The van der Waals surface area contributed by atoms with Crippen molar-refractivity contribution in [3.8, 4) is 0 Å². The number of nitrogens with one attached hydrogen (secondary N) is 2. The fraction of sp³-hybridized carbons (Fsp3) is 0.250. The van der Waals surface area contributed by atoms with Crippen molar-refractivity contribution < 1.29 is 4.79 Å². The molecule has 0 aliphatic heterocycles. The van der Waals surface area contributed by atoms with E-state index >= 15 is 0 Å². The van der Waals surface area contributed by atoms with Crippen molar-refractivity contribution in [3.05, 3.63) is 39.8 Å². The second-order valence-electron chi connectivity index (χ2n) is 3.92. The Morgan fingerprint density at radius 2 is 2.28 bits per heavy atom. The summed E-state index contributed by atoms with van der Waals surface area (Å²) in [5, 5.41) is 9.66. The van der Waals surface area contributed by atoms with E-state index in [0.29, 0.717) is 11.4 Å². The van der Waals surface area contributed by atoms with Gasteiger partial charge in [0.15, 0.2) is 5.82 Å². The third-order valence-electron chi connectivity index (χ3n) is 2.50. The fourth-order valence-electron chi connectivity index (χ4n) is 1.54. The van der Waals surface area contributed by atoms with Crippen molar-refractivity contribution in [2.24, 2.45) is 0 Å². The average Bonchev–Trinajstić information content (AvgIpc) is 2.70. The summed E-state index contributed by atoms with van der Waals surface area (Å²) in [6, 6.07) is 1.78. The van der Waals surface area contributed by atoms with Crippen LogP contribution in [0.4, 0.5) is 5.82 Å². The number of aromatic amines is 1. The van der Waals surface area contributed by atoms with Crippen LogP contribution in [0.25, 0.3) is 0 Å². The number of carbonyl (C=O) groups excluding carboxylic acids is 1. The number of halogens is 1. The standard InChI is InChI=1S/C12H13BrN4O/c1-3-9-10(13)11(17-16-9)15-12(18)8-4-7(2)5-14-6-8/h4-6H,3H2,1-2H3,(H2,15,16,17,18). The number of aromatic nitrogens is 3. The molecule has 1 amide bonds. The molecule has 0 fully saturated rings. The minimum absolute atomic E-state index is 0.221. The van der Waals surface area contributed by atoms with Gasteiger partial charge in [-0.05, 0) is 40.9 Å². The quantitative estimate of drug-likeness (QED) is 0.916. The Balaban J connectivity index is 2.19. The molecule has 0 saturated heterocycles. The first kappa shape index (κ1) is 12.8. The van der Waals surface area contributed by atoms with E-state index in [1.807, 2.05) is 13.8 Å². The van der Waals surface area contributed by atoms with Gasteiger partial charge < -0.3 is 5.32 Å². The van der Waals surface area contributed by atoms with Gasteiger partial charge in [0.05, 0.1) is 15.7 Å². The molecule has 2 aromatic rings. The third kappa shape index (κ3) is 2.59. The van der Waals surface area contributed by atoms with Crippen molar-refractivity contribution in [3.63, 3.8) is 0 Å².